The Kier molecular flexibility index (Phi) is 5.32. The van der Waals surface area contributed by atoms with Crippen molar-refractivity contribution in [1.29, 1.82) is 0 Å². The van der Waals surface area contributed by atoms with E-state index in [9.17, 15) is 4.39 Å². The molecule has 0 aliphatic rings. The molecule has 0 radical (unpaired) electrons. The molecular weight excluding hydrogens is 269 g/mol. The lowest BCUT2D eigenvalue weighted by Crippen LogP contribution is -2.05. The van der Waals surface area contributed by atoms with Gasteiger partial charge in [-0.2, -0.15) is 0 Å². The summed E-state index contributed by atoms with van der Waals surface area (Å²) in [7, 11) is 0. The van der Waals surface area contributed by atoms with E-state index < -0.39 is 0 Å². The third kappa shape index (κ3) is 5.26. The highest BCUT2D eigenvalue weighted by Gasteiger charge is 1.98. The zero-order chi connectivity index (χ0) is 15.1. The molecule has 0 aromatic heterocycles. The lowest BCUT2D eigenvalue weighted by molar-refractivity contribution is 0.132. The van der Waals surface area contributed by atoms with Crippen LogP contribution in [-0.2, 0) is 11.4 Å². The first-order chi connectivity index (χ1) is 10.1. The third-order valence-corrected chi connectivity index (χ3v) is 2.67. The Bertz CT molecular complexity index is 577. The first-order valence-corrected chi connectivity index (χ1v) is 6.80. The zero-order valence-electron chi connectivity index (χ0n) is 12.1. The van der Waals surface area contributed by atoms with Crippen molar-refractivity contribution < 1.29 is 14.0 Å². The van der Waals surface area contributed by atoms with Crippen molar-refractivity contribution >= 4 is 6.21 Å². The van der Waals surface area contributed by atoms with Crippen LogP contribution < -0.4 is 4.74 Å². The van der Waals surface area contributed by atoms with Gasteiger partial charge >= 0.3 is 0 Å². The van der Waals surface area contributed by atoms with Crippen LogP contribution in [0.5, 0.6) is 5.75 Å². The van der Waals surface area contributed by atoms with E-state index in [-0.39, 0.29) is 11.9 Å². The van der Waals surface area contributed by atoms with Gasteiger partial charge in [0.05, 0.1) is 12.3 Å². The van der Waals surface area contributed by atoms with Gasteiger partial charge in [-0.3, -0.25) is 0 Å². The van der Waals surface area contributed by atoms with E-state index in [1.807, 2.05) is 38.1 Å². The molecule has 0 saturated heterocycles. The van der Waals surface area contributed by atoms with Crippen molar-refractivity contribution in [3.05, 3.63) is 65.5 Å². The van der Waals surface area contributed by atoms with Gasteiger partial charge in [0.1, 0.15) is 18.2 Å². The average molecular weight is 287 g/mol. The second-order valence-corrected chi connectivity index (χ2v) is 4.87. The van der Waals surface area contributed by atoms with E-state index in [0.29, 0.717) is 6.61 Å². The van der Waals surface area contributed by atoms with Gasteiger partial charge in [0, 0.05) is 0 Å². The van der Waals surface area contributed by atoms with Crippen LogP contribution >= 0.6 is 0 Å². The Morgan fingerprint density at radius 2 is 1.71 bits per heavy atom. The summed E-state index contributed by atoms with van der Waals surface area (Å²) in [6.45, 7) is 4.35. The minimum atomic E-state index is -0.267. The summed E-state index contributed by atoms with van der Waals surface area (Å²) in [6, 6.07) is 13.7. The van der Waals surface area contributed by atoms with E-state index in [4.69, 9.17) is 9.57 Å². The Morgan fingerprint density at radius 3 is 2.33 bits per heavy atom. The van der Waals surface area contributed by atoms with Gasteiger partial charge in [-0.1, -0.05) is 29.4 Å². The van der Waals surface area contributed by atoms with Crippen LogP contribution in [-0.4, -0.2) is 12.3 Å². The molecule has 110 valence electrons. The minimum absolute atomic E-state index is 0.160. The van der Waals surface area contributed by atoms with E-state index in [0.717, 1.165) is 16.9 Å². The summed E-state index contributed by atoms with van der Waals surface area (Å²) in [6.07, 6.45) is 1.71. The Hall–Kier alpha value is -2.36. The van der Waals surface area contributed by atoms with Crippen LogP contribution in [0.1, 0.15) is 25.0 Å². The molecule has 2 rings (SSSR count). The third-order valence-electron chi connectivity index (χ3n) is 2.67. The zero-order valence-corrected chi connectivity index (χ0v) is 12.1. The van der Waals surface area contributed by atoms with E-state index in [2.05, 4.69) is 5.16 Å². The molecule has 0 spiro atoms. The van der Waals surface area contributed by atoms with Crippen molar-refractivity contribution in [3.8, 4) is 5.75 Å². The molecule has 0 unspecified atom stereocenters. The fraction of sp³-hybridized carbons (Fsp3) is 0.235. The fourth-order valence-corrected chi connectivity index (χ4v) is 1.70. The van der Waals surface area contributed by atoms with Crippen LogP contribution in [0.2, 0.25) is 0 Å². The van der Waals surface area contributed by atoms with Gasteiger partial charge in [0.25, 0.3) is 0 Å². The topological polar surface area (TPSA) is 30.8 Å². The number of oxime groups is 1. The highest BCUT2D eigenvalue weighted by Crippen LogP contribution is 2.14. The Balaban J connectivity index is 1.81. The van der Waals surface area contributed by atoms with Crippen LogP contribution in [0, 0.1) is 5.82 Å². The number of halogens is 1. The summed E-state index contributed by atoms with van der Waals surface area (Å²) in [5.41, 5.74) is 1.79. The lowest BCUT2D eigenvalue weighted by Gasteiger charge is -2.09. The van der Waals surface area contributed by atoms with E-state index in [1.165, 1.54) is 12.1 Å². The summed E-state index contributed by atoms with van der Waals surface area (Å²) in [5, 5.41) is 3.86. The van der Waals surface area contributed by atoms with Gasteiger partial charge in [0.2, 0.25) is 0 Å². The number of ether oxygens (including phenoxy) is 1. The Labute approximate surface area is 124 Å². The van der Waals surface area contributed by atoms with E-state index >= 15 is 0 Å². The first kappa shape index (κ1) is 15.0. The molecule has 21 heavy (non-hydrogen) atoms. The number of benzene rings is 2. The fourth-order valence-electron chi connectivity index (χ4n) is 1.70. The molecule has 0 heterocycles. The van der Waals surface area contributed by atoms with Gasteiger partial charge < -0.3 is 9.57 Å². The summed E-state index contributed by atoms with van der Waals surface area (Å²) < 4.78 is 18.3. The van der Waals surface area contributed by atoms with Crippen LogP contribution in [0.25, 0.3) is 0 Å². The Morgan fingerprint density at radius 1 is 1.05 bits per heavy atom. The largest absolute Gasteiger partial charge is 0.491 e. The quantitative estimate of drug-likeness (QED) is 0.590. The molecule has 0 fully saturated rings. The molecule has 0 bridgehead atoms. The van der Waals surface area contributed by atoms with Crippen molar-refractivity contribution in [1.82, 2.24) is 0 Å². The second kappa shape index (κ2) is 7.43. The molecule has 2 aromatic carbocycles. The van der Waals surface area contributed by atoms with Crippen molar-refractivity contribution in [2.75, 3.05) is 0 Å². The highest BCUT2D eigenvalue weighted by atomic mass is 19.1. The normalized spacial score (nSPS) is 11.0. The highest BCUT2D eigenvalue weighted by molar-refractivity contribution is 5.78. The summed E-state index contributed by atoms with van der Waals surface area (Å²) in [4.78, 5) is 5.21. The number of hydrogen-bond acceptors (Lipinski definition) is 3. The molecule has 4 heteroatoms. The maximum atomic E-state index is 12.7. The monoisotopic (exact) mass is 287 g/mol. The van der Waals surface area contributed by atoms with Gasteiger partial charge in [0.15, 0.2) is 0 Å². The molecule has 0 atom stereocenters. The second-order valence-electron chi connectivity index (χ2n) is 4.87. The van der Waals surface area contributed by atoms with Crippen LogP contribution in [0.15, 0.2) is 53.7 Å². The molecular formula is C17H18FNO2. The summed E-state index contributed by atoms with van der Waals surface area (Å²) in [5.74, 6) is 0.570. The van der Waals surface area contributed by atoms with Crippen LogP contribution in [0.3, 0.4) is 0 Å². The van der Waals surface area contributed by atoms with Crippen molar-refractivity contribution in [3.63, 3.8) is 0 Å². The van der Waals surface area contributed by atoms with Gasteiger partial charge in [-0.15, -0.1) is 0 Å². The molecule has 2 aromatic rings. The predicted molar refractivity (Wildman–Crippen MR) is 81.0 cm³/mol. The number of rotatable bonds is 6. The molecule has 0 N–H and O–H groups in total. The molecule has 0 amide bonds. The maximum absolute atomic E-state index is 12.7. The minimum Gasteiger partial charge on any atom is -0.491 e. The molecule has 0 saturated carbocycles. The smallest absolute Gasteiger partial charge is 0.142 e. The average Bonchev–Trinajstić information content (AvgIpc) is 2.46. The standard InChI is InChI=1S/C17H18FNO2/c1-13(2)21-17-9-5-15(6-10-17)12-20-19-11-14-3-7-16(18)8-4-14/h3-11,13H,12H2,1-2H3/b19-11+. The number of nitrogens with zero attached hydrogens (tertiary/aromatic N) is 1. The lowest BCUT2D eigenvalue weighted by atomic mass is 10.2. The van der Waals surface area contributed by atoms with E-state index in [1.54, 1.807) is 18.3 Å². The molecule has 0 aliphatic carbocycles. The van der Waals surface area contributed by atoms with Crippen molar-refractivity contribution in [2.24, 2.45) is 5.16 Å². The molecule has 0 aliphatic heterocycles. The van der Waals surface area contributed by atoms with Gasteiger partial charge in [-0.25, -0.2) is 4.39 Å². The number of hydrogen-bond donors (Lipinski definition) is 0. The first-order valence-electron chi connectivity index (χ1n) is 6.80. The predicted octanol–water partition coefficient (Wildman–Crippen LogP) is 4.16. The van der Waals surface area contributed by atoms with Gasteiger partial charge in [-0.05, 0) is 49.2 Å². The maximum Gasteiger partial charge on any atom is 0.142 e. The molecule has 3 nitrogen and oxygen atoms in total. The van der Waals surface area contributed by atoms with Crippen LogP contribution in [0.4, 0.5) is 4.39 Å². The SMILES string of the molecule is CC(C)Oc1ccc(CO/N=C/c2ccc(F)cc2)cc1. The van der Waals surface area contributed by atoms with Crippen molar-refractivity contribution in [2.45, 2.75) is 26.6 Å². The summed E-state index contributed by atoms with van der Waals surface area (Å²) >= 11 is 0.